The first-order valence-electron chi connectivity index (χ1n) is 8.79. The molecule has 132 valence electrons. The van der Waals surface area contributed by atoms with Crippen LogP contribution in [0, 0.1) is 11.3 Å². The standard InChI is InChI=1S/C19H28N2O3/c1-19(2,3)17-9-13-8-14(20-18(24)12-4-5-12)6-7-16(13)21(17)15(10-22)11-23/h6-8,12,15,17,22-23H,4-5,9-11H2,1-3H3,(H,20,24). The van der Waals surface area contributed by atoms with Gasteiger partial charge in [-0.25, -0.2) is 0 Å². The van der Waals surface area contributed by atoms with Crippen molar-refractivity contribution in [3.63, 3.8) is 0 Å². The van der Waals surface area contributed by atoms with Gasteiger partial charge in [0, 0.05) is 23.3 Å². The monoisotopic (exact) mass is 332 g/mol. The van der Waals surface area contributed by atoms with E-state index in [2.05, 4.69) is 31.0 Å². The molecule has 3 rings (SSSR count). The maximum Gasteiger partial charge on any atom is 0.227 e. The quantitative estimate of drug-likeness (QED) is 0.773. The highest BCUT2D eigenvalue weighted by molar-refractivity contribution is 5.94. The van der Waals surface area contributed by atoms with E-state index in [0.29, 0.717) is 0 Å². The van der Waals surface area contributed by atoms with Crippen molar-refractivity contribution < 1.29 is 15.0 Å². The van der Waals surface area contributed by atoms with Crippen molar-refractivity contribution in [2.75, 3.05) is 23.4 Å². The van der Waals surface area contributed by atoms with Crippen LogP contribution in [0.5, 0.6) is 0 Å². The molecule has 1 fully saturated rings. The molecule has 1 aliphatic carbocycles. The van der Waals surface area contributed by atoms with Crippen LogP contribution in [0.1, 0.15) is 39.2 Å². The molecule has 1 atom stereocenters. The lowest BCUT2D eigenvalue weighted by molar-refractivity contribution is -0.117. The van der Waals surface area contributed by atoms with Crippen LogP contribution in [-0.2, 0) is 11.2 Å². The number of nitrogens with zero attached hydrogens (tertiary/aromatic N) is 1. The number of aliphatic hydroxyl groups is 2. The Morgan fingerprint density at radius 1 is 1.29 bits per heavy atom. The lowest BCUT2D eigenvalue weighted by Crippen LogP contribution is -2.50. The molecule has 2 aliphatic rings. The van der Waals surface area contributed by atoms with Crippen LogP contribution in [0.2, 0.25) is 0 Å². The van der Waals surface area contributed by atoms with Gasteiger partial charge in [-0.3, -0.25) is 4.79 Å². The summed E-state index contributed by atoms with van der Waals surface area (Å²) in [5, 5.41) is 22.4. The SMILES string of the molecule is CC(C)(C)C1Cc2cc(NC(=O)C3CC3)ccc2N1C(CO)CO. The molecule has 1 aromatic carbocycles. The van der Waals surface area contributed by atoms with Gasteiger partial charge in [-0.1, -0.05) is 20.8 Å². The first-order valence-corrected chi connectivity index (χ1v) is 8.79. The largest absolute Gasteiger partial charge is 0.394 e. The van der Waals surface area contributed by atoms with Crippen molar-refractivity contribution in [2.45, 2.75) is 52.1 Å². The van der Waals surface area contributed by atoms with Crippen molar-refractivity contribution >= 4 is 17.3 Å². The zero-order valence-electron chi connectivity index (χ0n) is 14.7. The average Bonchev–Trinajstić information content (AvgIpc) is 3.30. The summed E-state index contributed by atoms with van der Waals surface area (Å²) >= 11 is 0. The molecule has 1 unspecified atom stereocenters. The second-order valence-electron chi connectivity index (χ2n) is 8.12. The highest BCUT2D eigenvalue weighted by Crippen LogP contribution is 2.42. The molecule has 0 radical (unpaired) electrons. The first-order chi connectivity index (χ1) is 11.3. The zero-order chi connectivity index (χ0) is 17.5. The molecule has 3 N–H and O–H groups in total. The lowest BCUT2D eigenvalue weighted by atomic mass is 9.84. The molecular weight excluding hydrogens is 304 g/mol. The van der Waals surface area contributed by atoms with Crippen molar-refractivity contribution in [1.29, 1.82) is 0 Å². The molecule has 0 bridgehead atoms. The molecule has 24 heavy (non-hydrogen) atoms. The Morgan fingerprint density at radius 3 is 2.50 bits per heavy atom. The van der Waals surface area contributed by atoms with E-state index in [9.17, 15) is 15.0 Å². The van der Waals surface area contributed by atoms with Crippen molar-refractivity contribution in [2.24, 2.45) is 11.3 Å². The number of aliphatic hydroxyl groups excluding tert-OH is 2. The second-order valence-corrected chi connectivity index (χ2v) is 8.12. The Hall–Kier alpha value is -1.59. The van der Waals surface area contributed by atoms with Gasteiger partial charge in [0.05, 0.1) is 19.3 Å². The van der Waals surface area contributed by atoms with Crippen LogP contribution in [-0.4, -0.2) is 41.4 Å². The predicted octanol–water partition coefficient (Wildman–Crippen LogP) is 2.17. The van der Waals surface area contributed by atoms with Crippen LogP contribution in [0.4, 0.5) is 11.4 Å². The molecule has 0 saturated heterocycles. The first kappa shape index (κ1) is 17.2. The van der Waals surface area contributed by atoms with E-state index in [1.165, 1.54) is 0 Å². The Labute approximate surface area is 143 Å². The van der Waals surface area contributed by atoms with Gasteiger partial charge in [0.15, 0.2) is 0 Å². The third-order valence-electron chi connectivity index (χ3n) is 5.14. The van der Waals surface area contributed by atoms with Crippen LogP contribution in [0.15, 0.2) is 18.2 Å². The van der Waals surface area contributed by atoms with Gasteiger partial charge in [0.25, 0.3) is 0 Å². The number of hydrogen-bond acceptors (Lipinski definition) is 4. The number of carbonyl (C=O) groups is 1. The average molecular weight is 332 g/mol. The van der Waals surface area contributed by atoms with Crippen molar-refractivity contribution in [1.82, 2.24) is 0 Å². The fourth-order valence-electron chi connectivity index (χ4n) is 3.55. The van der Waals surface area contributed by atoms with Crippen LogP contribution in [0.3, 0.4) is 0 Å². The molecular formula is C19H28N2O3. The van der Waals surface area contributed by atoms with E-state index < -0.39 is 0 Å². The fraction of sp³-hybridized carbons (Fsp3) is 0.632. The minimum absolute atomic E-state index is 0.0129. The number of nitrogens with one attached hydrogen (secondary N) is 1. The van der Waals surface area contributed by atoms with Gasteiger partial charge in [0.1, 0.15) is 0 Å². The Balaban J connectivity index is 1.88. The van der Waals surface area contributed by atoms with E-state index in [0.717, 1.165) is 36.2 Å². The van der Waals surface area contributed by atoms with Gasteiger partial charge in [-0.15, -0.1) is 0 Å². The Morgan fingerprint density at radius 2 is 1.96 bits per heavy atom. The maximum absolute atomic E-state index is 12.0. The van der Waals surface area contributed by atoms with Crippen LogP contribution >= 0.6 is 0 Å². The summed E-state index contributed by atoms with van der Waals surface area (Å²) in [4.78, 5) is 14.1. The summed E-state index contributed by atoms with van der Waals surface area (Å²) in [5.74, 6) is 0.297. The highest BCUT2D eigenvalue weighted by Gasteiger charge is 2.40. The number of rotatable bonds is 5. The van der Waals surface area contributed by atoms with E-state index in [1.54, 1.807) is 0 Å². The summed E-state index contributed by atoms with van der Waals surface area (Å²) in [7, 11) is 0. The van der Waals surface area contributed by atoms with Gasteiger partial charge in [-0.2, -0.15) is 0 Å². The summed E-state index contributed by atoms with van der Waals surface area (Å²) < 4.78 is 0. The minimum atomic E-state index is -0.303. The molecule has 0 aromatic heterocycles. The number of benzene rings is 1. The van der Waals surface area contributed by atoms with E-state index in [1.807, 2.05) is 18.2 Å². The normalized spacial score (nSPS) is 20.4. The zero-order valence-corrected chi connectivity index (χ0v) is 14.7. The predicted molar refractivity (Wildman–Crippen MR) is 95.2 cm³/mol. The summed E-state index contributed by atoms with van der Waals surface area (Å²) in [5.41, 5.74) is 3.06. The van der Waals surface area contributed by atoms with Gasteiger partial charge >= 0.3 is 0 Å². The molecule has 0 spiro atoms. The number of amides is 1. The number of anilines is 2. The number of fused-ring (bicyclic) bond motifs is 1. The third-order valence-corrected chi connectivity index (χ3v) is 5.14. The van der Waals surface area contributed by atoms with Gasteiger partial charge < -0.3 is 20.4 Å². The van der Waals surface area contributed by atoms with E-state index in [-0.39, 0.29) is 42.5 Å². The van der Waals surface area contributed by atoms with Crippen molar-refractivity contribution in [3.05, 3.63) is 23.8 Å². The molecule has 1 heterocycles. The number of carbonyl (C=O) groups excluding carboxylic acids is 1. The number of hydrogen-bond donors (Lipinski definition) is 3. The summed E-state index contributed by atoms with van der Waals surface area (Å²) in [6, 6.07) is 5.86. The van der Waals surface area contributed by atoms with Crippen LogP contribution < -0.4 is 10.2 Å². The summed E-state index contributed by atoms with van der Waals surface area (Å²) in [6.45, 7) is 6.37. The molecule has 5 heteroatoms. The molecule has 5 nitrogen and oxygen atoms in total. The molecule has 1 saturated carbocycles. The lowest BCUT2D eigenvalue weighted by Gasteiger charge is -2.40. The van der Waals surface area contributed by atoms with E-state index in [4.69, 9.17) is 0 Å². The minimum Gasteiger partial charge on any atom is -0.394 e. The topological polar surface area (TPSA) is 72.8 Å². The molecule has 1 aromatic rings. The highest BCUT2D eigenvalue weighted by atomic mass is 16.3. The molecule has 1 aliphatic heterocycles. The fourth-order valence-corrected chi connectivity index (χ4v) is 3.55. The van der Waals surface area contributed by atoms with Crippen LogP contribution in [0.25, 0.3) is 0 Å². The Bertz CT molecular complexity index is 616. The van der Waals surface area contributed by atoms with Gasteiger partial charge in [-0.05, 0) is 48.4 Å². The van der Waals surface area contributed by atoms with E-state index >= 15 is 0 Å². The third kappa shape index (κ3) is 3.28. The Kier molecular flexibility index (Phi) is 4.58. The molecule has 1 amide bonds. The summed E-state index contributed by atoms with van der Waals surface area (Å²) in [6.07, 6.45) is 2.83. The maximum atomic E-state index is 12.0. The van der Waals surface area contributed by atoms with Crippen molar-refractivity contribution in [3.8, 4) is 0 Å². The van der Waals surface area contributed by atoms with Gasteiger partial charge in [0.2, 0.25) is 5.91 Å². The smallest absolute Gasteiger partial charge is 0.227 e. The second kappa shape index (κ2) is 6.37.